The third-order valence-electron chi connectivity index (χ3n) is 6.94. The Bertz CT molecular complexity index is 1630. The van der Waals surface area contributed by atoms with Crippen LogP contribution in [0.4, 0.5) is 5.13 Å². The van der Waals surface area contributed by atoms with Crippen LogP contribution in [0.15, 0.2) is 60.2 Å². The first kappa shape index (κ1) is 28.0. The number of aryl methyl sites for hydroxylation is 1. The third-order valence-corrected chi connectivity index (χ3v) is 7.96. The third kappa shape index (κ3) is 4.95. The van der Waals surface area contributed by atoms with Gasteiger partial charge in [0.2, 0.25) is 5.75 Å². The minimum atomic E-state index is -1.03. The summed E-state index contributed by atoms with van der Waals surface area (Å²) in [6, 6.07) is 14.9. The standard InChI is InChI=1S/C31H30N2O7S/c1-6-17-8-13-21-24(14-17)41-31(32-21)33-26(19-15-22(37-3)29(39-5)23(16-19)38-4)25(28(35)30(33)36)27(34)18-9-11-20(12-10-18)40-7-2/h8-16,26,34H,6-7H2,1-5H3. The highest BCUT2D eigenvalue weighted by molar-refractivity contribution is 7.22. The summed E-state index contributed by atoms with van der Waals surface area (Å²) in [5.41, 5.74) is 2.59. The first-order valence-electron chi connectivity index (χ1n) is 13.1. The van der Waals surface area contributed by atoms with Crippen molar-refractivity contribution in [2.75, 3.05) is 32.8 Å². The second kappa shape index (κ2) is 11.5. The molecule has 0 aliphatic carbocycles. The highest BCUT2D eigenvalue weighted by Crippen LogP contribution is 2.48. The molecule has 1 aliphatic heterocycles. The Morgan fingerprint density at radius 3 is 2.22 bits per heavy atom. The van der Waals surface area contributed by atoms with Crippen LogP contribution in [0.2, 0.25) is 0 Å². The molecule has 0 bridgehead atoms. The van der Waals surface area contributed by atoms with E-state index in [9.17, 15) is 14.7 Å². The van der Waals surface area contributed by atoms with E-state index in [4.69, 9.17) is 23.9 Å². The molecule has 0 radical (unpaired) electrons. The number of thiazole rings is 1. The predicted molar refractivity (Wildman–Crippen MR) is 157 cm³/mol. The van der Waals surface area contributed by atoms with Crippen LogP contribution in [0, 0.1) is 0 Å². The van der Waals surface area contributed by atoms with E-state index in [0.29, 0.717) is 51.4 Å². The smallest absolute Gasteiger partial charge is 0.301 e. The van der Waals surface area contributed by atoms with Crippen LogP contribution in [-0.4, -0.2) is 49.7 Å². The first-order valence-corrected chi connectivity index (χ1v) is 13.9. The highest BCUT2D eigenvalue weighted by atomic mass is 32.1. The predicted octanol–water partition coefficient (Wildman–Crippen LogP) is 5.91. The van der Waals surface area contributed by atoms with Gasteiger partial charge in [0.25, 0.3) is 5.78 Å². The van der Waals surface area contributed by atoms with Crippen LogP contribution in [0.25, 0.3) is 16.0 Å². The molecule has 1 aromatic heterocycles. The van der Waals surface area contributed by atoms with Gasteiger partial charge in [0.1, 0.15) is 11.5 Å². The molecule has 10 heteroatoms. The minimum Gasteiger partial charge on any atom is -0.507 e. The summed E-state index contributed by atoms with van der Waals surface area (Å²) >= 11 is 1.31. The van der Waals surface area contributed by atoms with Crippen molar-refractivity contribution in [2.24, 2.45) is 0 Å². The van der Waals surface area contributed by atoms with Crippen molar-refractivity contribution < 1.29 is 33.6 Å². The Hall–Kier alpha value is -4.57. The summed E-state index contributed by atoms with van der Waals surface area (Å²) in [7, 11) is 4.46. The van der Waals surface area contributed by atoms with Gasteiger partial charge in [0, 0.05) is 5.56 Å². The number of hydrogen-bond acceptors (Lipinski definition) is 9. The summed E-state index contributed by atoms with van der Waals surface area (Å²) in [6.07, 6.45) is 0.848. The number of benzene rings is 3. The van der Waals surface area contributed by atoms with Crippen molar-refractivity contribution >= 4 is 44.1 Å². The lowest BCUT2D eigenvalue weighted by atomic mass is 9.94. The molecule has 5 rings (SSSR count). The van der Waals surface area contributed by atoms with E-state index < -0.39 is 17.7 Å². The maximum absolute atomic E-state index is 13.7. The number of aliphatic hydroxyl groups excluding tert-OH is 1. The van der Waals surface area contributed by atoms with Crippen molar-refractivity contribution in [1.29, 1.82) is 0 Å². The van der Waals surface area contributed by atoms with E-state index in [-0.39, 0.29) is 11.3 Å². The van der Waals surface area contributed by atoms with Crippen LogP contribution < -0.4 is 23.8 Å². The average molecular weight is 575 g/mol. The van der Waals surface area contributed by atoms with Crippen LogP contribution in [0.5, 0.6) is 23.0 Å². The lowest BCUT2D eigenvalue weighted by molar-refractivity contribution is -0.132. The largest absolute Gasteiger partial charge is 0.507 e. The van der Waals surface area contributed by atoms with Crippen LogP contribution in [0.1, 0.15) is 36.6 Å². The molecular formula is C31H30N2O7S. The van der Waals surface area contributed by atoms with E-state index in [1.165, 1.54) is 37.6 Å². The maximum Gasteiger partial charge on any atom is 0.301 e. The lowest BCUT2D eigenvalue weighted by Gasteiger charge is -2.24. The second-order valence-corrected chi connectivity index (χ2v) is 10.2. The fourth-order valence-corrected chi connectivity index (χ4v) is 5.97. The molecule has 0 saturated carbocycles. The number of fused-ring (bicyclic) bond motifs is 1. The summed E-state index contributed by atoms with van der Waals surface area (Å²) in [5.74, 6) is -0.298. The summed E-state index contributed by atoms with van der Waals surface area (Å²) in [5, 5.41) is 11.9. The molecule has 41 heavy (non-hydrogen) atoms. The number of Topliss-reactive ketones (excluding diaryl/α,β-unsaturated/α-hetero) is 1. The number of hydrogen-bond donors (Lipinski definition) is 1. The average Bonchev–Trinajstić information content (AvgIpc) is 3.53. The van der Waals surface area contributed by atoms with Gasteiger partial charge in [-0.15, -0.1) is 0 Å². The number of amides is 1. The zero-order valence-electron chi connectivity index (χ0n) is 23.4. The van der Waals surface area contributed by atoms with Crippen molar-refractivity contribution in [3.63, 3.8) is 0 Å². The first-order chi connectivity index (χ1) is 19.8. The highest BCUT2D eigenvalue weighted by Gasteiger charge is 2.48. The number of nitrogens with zero attached hydrogens (tertiary/aromatic N) is 2. The molecular weight excluding hydrogens is 544 g/mol. The van der Waals surface area contributed by atoms with Crippen LogP contribution in [0.3, 0.4) is 0 Å². The Morgan fingerprint density at radius 1 is 0.951 bits per heavy atom. The van der Waals surface area contributed by atoms with Gasteiger partial charge in [-0.25, -0.2) is 4.98 Å². The Labute approximate surface area is 241 Å². The van der Waals surface area contributed by atoms with Crippen molar-refractivity contribution in [1.82, 2.24) is 4.98 Å². The number of ether oxygens (including phenoxy) is 4. The van der Waals surface area contributed by atoms with Crippen LogP contribution >= 0.6 is 11.3 Å². The Kier molecular flexibility index (Phi) is 7.85. The summed E-state index contributed by atoms with van der Waals surface area (Å²) in [6.45, 7) is 4.42. The van der Waals surface area contributed by atoms with Gasteiger partial charge in [0.05, 0.1) is 49.8 Å². The zero-order valence-corrected chi connectivity index (χ0v) is 24.2. The number of aliphatic hydroxyl groups is 1. The molecule has 1 fully saturated rings. The van der Waals surface area contributed by atoms with E-state index in [1.54, 1.807) is 36.4 Å². The number of aromatic nitrogens is 1. The van der Waals surface area contributed by atoms with Gasteiger partial charge >= 0.3 is 5.91 Å². The monoisotopic (exact) mass is 574 g/mol. The quantitative estimate of drug-likeness (QED) is 0.149. The van der Waals surface area contributed by atoms with Gasteiger partial charge < -0.3 is 24.1 Å². The summed E-state index contributed by atoms with van der Waals surface area (Å²) < 4.78 is 23.0. The number of carbonyl (C=O) groups excluding carboxylic acids is 2. The number of methoxy groups -OCH3 is 3. The van der Waals surface area contributed by atoms with E-state index >= 15 is 0 Å². The fraction of sp³-hybridized carbons (Fsp3) is 0.258. The molecule has 1 amide bonds. The molecule has 0 spiro atoms. The zero-order chi connectivity index (χ0) is 29.3. The number of ketones is 1. The van der Waals surface area contributed by atoms with Crippen molar-refractivity contribution in [2.45, 2.75) is 26.3 Å². The van der Waals surface area contributed by atoms with Gasteiger partial charge in [-0.2, -0.15) is 0 Å². The summed E-state index contributed by atoms with van der Waals surface area (Å²) in [4.78, 5) is 33.4. The van der Waals surface area contributed by atoms with Crippen molar-refractivity contribution in [3.8, 4) is 23.0 Å². The molecule has 1 unspecified atom stereocenters. The van der Waals surface area contributed by atoms with Crippen LogP contribution in [-0.2, 0) is 16.0 Å². The number of rotatable bonds is 9. The number of carbonyl (C=O) groups is 2. The SMILES string of the molecule is CCOc1ccc(C(O)=C2C(=O)C(=O)N(c3nc4ccc(CC)cc4s3)C2c2cc(OC)c(OC)c(OC)c2)cc1. The van der Waals surface area contributed by atoms with Gasteiger partial charge in [-0.3, -0.25) is 14.5 Å². The Balaban J connectivity index is 1.74. The fourth-order valence-electron chi connectivity index (χ4n) is 4.92. The molecule has 4 aromatic rings. The molecule has 1 saturated heterocycles. The van der Waals surface area contributed by atoms with Crippen molar-refractivity contribution in [3.05, 3.63) is 76.9 Å². The molecule has 212 valence electrons. The number of anilines is 1. The lowest BCUT2D eigenvalue weighted by Crippen LogP contribution is -2.29. The van der Waals surface area contributed by atoms with Gasteiger partial charge in [-0.1, -0.05) is 24.3 Å². The molecule has 2 heterocycles. The Morgan fingerprint density at radius 2 is 1.63 bits per heavy atom. The molecule has 9 nitrogen and oxygen atoms in total. The molecule has 1 atom stereocenters. The molecule has 3 aromatic carbocycles. The normalized spacial score (nSPS) is 16.3. The molecule has 1 aliphatic rings. The van der Waals surface area contributed by atoms with Gasteiger partial charge in [-0.05, 0) is 73.0 Å². The van der Waals surface area contributed by atoms with E-state index in [2.05, 4.69) is 6.92 Å². The molecule has 1 N–H and O–H groups in total. The minimum absolute atomic E-state index is 0.0815. The van der Waals surface area contributed by atoms with E-state index in [0.717, 1.165) is 16.7 Å². The maximum atomic E-state index is 13.7. The topological polar surface area (TPSA) is 107 Å². The second-order valence-electron chi connectivity index (χ2n) is 9.24. The van der Waals surface area contributed by atoms with Gasteiger partial charge in [0.15, 0.2) is 16.6 Å². The van der Waals surface area contributed by atoms with E-state index in [1.807, 2.05) is 25.1 Å².